The van der Waals surface area contributed by atoms with E-state index >= 15 is 0 Å². The molecule has 0 atom stereocenters. The molecule has 2 rings (SSSR count). The number of pyridine rings is 1. The summed E-state index contributed by atoms with van der Waals surface area (Å²) in [6.07, 6.45) is 0. The van der Waals surface area contributed by atoms with Gasteiger partial charge in [0, 0.05) is 5.56 Å². The summed E-state index contributed by atoms with van der Waals surface area (Å²) >= 11 is 0. The fraction of sp³-hybridized carbons (Fsp3) is 0.0714. The molecule has 0 aliphatic heterocycles. The molecule has 6 heteroatoms. The smallest absolute Gasteiger partial charge is 0.244 e. The minimum Gasteiger partial charge on any atom is -0.508 e. The van der Waals surface area contributed by atoms with Gasteiger partial charge in [0.05, 0.1) is 20.3 Å². The number of hydrogen-bond donors (Lipinski definition) is 2. The number of aromatic nitrogens is 1. The van der Waals surface area contributed by atoms with Crippen molar-refractivity contribution in [2.45, 2.75) is 0 Å². The number of ether oxygens (including phenoxy) is 1. The number of anilines is 1. The van der Waals surface area contributed by atoms with Crippen LogP contribution in [0.15, 0.2) is 24.3 Å². The van der Waals surface area contributed by atoms with Crippen molar-refractivity contribution in [2.75, 3.05) is 12.8 Å². The maximum absolute atomic E-state index is 9.33. The van der Waals surface area contributed by atoms with E-state index in [0.717, 1.165) is 0 Å². The molecule has 0 amide bonds. The van der Waals surface area contributed by atoms with Gasteiger partial charge in [-0.3, -0.25) is 0 Å². The van der Waals surface area contributed by atoms with Crippen molar-refractivity contribution in [3.8, 4) is 22.8 Å². The summed E-state index contributed by atoms with van der Waals surface area (Å²) < 4.78 is 5.05. The molecule has 6 nitrogen and oxygen atoms in total. The molecule has 2 aromatic rings. The maximum atomic E-state index is 9.33. The second kappa shape index (κ2) is 5.17. The minimum atomic E-state index is 0.00678. The lowest BCUT2D eigenvalue weighted by atomic mass is 10.0. The first kappa shape index (κ1) is 13.2. The number of aromatic hydroxyl groups is 1. The Morgan fingerprint density at radius 2 is 1.75 bits per heavy atom. The van der Waals surface area contributed by atoms with Crippen LogP contribution in [0.2, 0.25) is 0 Å². The summed E-state index contributed by atoms with van der Waals surface area (Å²) in [6, 6.07) is 6.15. The summed E-state index contributed by atoms with van der Waals surface area (Å²) in [5.74, 6) is 0.178. The number of phenolic OH excluding ortho intramolecular Hbond substituents is 1. The third-order valence-electron chi connectivity index (χ3n) is 2.71. The molecule has 0 spiro atoms. The molecule has 0 aliphatic rings. The van der Waals surface area contributed by atoms with E-state index in [1.807, 2.05) is 0 Å². The van der Waals surface area contributed by atoms with E-state index in [-0.39, 0.29) is 28.8 Å². The van der Waals surface area contributed by atoms with E-state index in [9.17, 15) is 5.11 Å². The lowest BCUT2D eigenvalue weighted by molar-refractivity contribution is 0.401. The fourth-order valence-corrected chi connectivity index (χ4v) is 1.82. The molecule has 20 heavy (non-hydrogen) atoms. The highest BCUT2D eigenvalue weighted by Crippen LogP contribution is 2.46. The van der Waals surface area contributed by atoms with E-state index < -0.39 is 0 Å². The first-order chi connectivity index (χ1) is 9.62. The molecule has 1 aromatic heterocycles. The van der Waals surface area contributed by atoms with Crippen LogP contribution in [0.1, 0.15) is 0 Å². The molecule has 3 N–H and O–H groups in total. The third kappa shape index (κ3) is 2.06. The molecular weight excluding hydrogens is 256 g/mol. The minimum absolute atomic E-state index is 0.00678. The van der Waals surface area contributed by atoms with Crippen LogP contribution >= 0.6 is 0 Å². The number of phenols is 1. The highest BCUT2D eigenvalue weighted by molar-refractivity contribution is 5.96. The number of rotatable bonds is 2. The molecule has 0 bridgehead atoms. The Morgan fingerprint density at radius 3 is 2.25 bits per heavy atom. The van der Waals surface area contributed by atoms with Crippen molar-refractivity contribution < 1.29 is 9.84 Å². The quantitative estimate of drug-likeness (QED) is 0.818. The number of methoxy groups -OCH3 is 1. The highest BCUT2D eigenvalue weighted by Gasteiger charge is 2.20. The van der Waals surface area contributed by atoms with Crippen LogP contribution in [0.5, 0.6) is 11.6 Å². The third-order valence-corrected chi connectivity index (χ3v) is 2.71. The Labute approximate surface area is 115 Å². The summed E-state index contributed by atoms with van der Waals surface area (Å²) in [6.45, 7) is 14.5. The van der Waals surface area contributed by atoms with Crippen LogP contribution in [0.4, 0.5) is 17.2 Å². The first-order valence-corrected chi connectivity index (χ1v) is 5.54. The van der Waals surface area contributed by atoms with Gasteiger partial charge in [0.2, 0.25) is 17.3 Å². The van der Waals surface area contributed by atoms with Crippen LogP contribution in [-0.4, -0.2) is 17.2 Å². The van der Waals surface area contributed by atoms with Gasteiger partial charge in [-0.05, 0) is 17.7 Å². The number of nitrogens with zero attached hydrogens (tertiary/aromatic N) is 3. The van der Waals surface area contributed by atoms with Crippen molar-refractivity contribution >= 4 is 17.2 Å². The maximum Gasteiger partial charge on any atom is 0.244 e. The van der Waals surface area contributed by atoms with Crippen LogP contribution in [0.25, 0.3) is 20.8 Å². The van der Waals surface area contributed by atoms with Crippen molar-refractivity contribution in [1.29, 1.82) is 0 Å². The Morgan fingerprint density at radius 1 is 1.15 bits per heavy atom. The Kier molecular flexibility index (Phi) is 3.41. The molecule has 0 radical (unpaired) electrons. The second-order valence-electron chi connectivity index (χ2n) is 3.85. The summed E-state index contributed by atoms with van der Waals surface area (Å²) in [5.41, 5.74) is 6.92. The summed E-state index contributed by atoms with van der Waals surface area (Å²) in [7, 11) is 1.38. The van der Waals surface area contributed by atoms with Gasteiger partial charge in [-0.25, -0.2) is 14.7 Å². The van der Waals surface area contributed by atoms with E-state index in [0.29, 0.717) is 11.1 Å². The summed E-state index contributed by atoms with van der Waals surface area (Å²) in [5, 5.41) is 9.33. The molecule has 0 fully saturated rings. The van der Waals surface area contributed by atoms with E-state index in [4.69, 9.17) is 23.6 Å². The van der Waals surface area contributed by atoms with Gasteiger partial charge in [-0.1, -0.05) is 12.1 Å². The zero-order valence-electron chi connectivity index (χ0n) is 10.6. The molecule has 0 aliphatic carbocycles. The van der Waals surface area contributed by atoms with Gasteiger partial charge in [-0.15, -0.1) is 0 Å². The number of benzene rings is 1. The van der Waals surface area contributed by atoms with Gasteiger partial charge in [0.25, 0.3) is 0 Å². The fourth-order valence-electron chi connectivity index (χ4n) is 1.82. The van der Waals surface area contributed by atoms with Crippen LogP contribution < -0.4 is 10.5 Å². The average Bonchev–Trinajstić information content (AvgIpc) is 2.46. The normalized spacial score (nSPS) is 9.55. The Bertz CT molecular complexity index is 740. The molecule has 0 unspecified atom stereocenters. The first-order valence-electron chi connectivity index (χ1n) is 5.54. The Balaban J connectivity index is 2.85. The van der Waals surface area contributed by atoms with Crippen molar-refractivity contribution in [1.82, 2.24) is 4.98 Å². The lowest BCUT2D eigenvalue weighted by Gasteiger charge is -2.12. The van der Waals surface area contributed by atoms with Crippen LogP contribution in [0, 0.1) is 13.1 Å². The van der Waals surface area contributed by atoms with E-state index in [1.165, 1.54) is 19.2 Å². The molecule has 0 saturated carbocycles. The number of nitrogen functional groups attached to an aromatic ring is 1. The van der Waals surface area contributed by atoms with Crippen molar-refractivity contribution in [3.63, 3.8) is 0 Å². The summed E-state index contributed by atoms with van der Waals surface area (Å²) in [4.78, 5) is 10.7. The van der Waals surface area contributed by atoms with E-state index in [1.54, 1.807) is 12.1 Å². The standard InChI is InChI=1S/C14H10N4O2/c1-16-11-10(8-4-6-9(19)7-5-8)12(17-2)14(20-3)18-13(11)15/h4-7,19H,3H3,(H2,15,18). The molecule has 98 valence electrons. The topological polar surface area (TPSA) is 77.1 Å². The van der Waals surface area contributed by atoms with Crippen molar-refractivity contribution in [2.24, 2.45) is 0 Å². The van der Waals surface area contributed by atoms with Gasteiger partial charge in [0.15, 0.2) is 0 Å². The monoisotopic (exact) mass is 266 g/mol. The predicted molar refractivity (Wildman–Crippen MR) is 74.8 cm³/mol. The molecule has 0 saturated heterocycles. The number of nitrogens with two attached hydrogens (primary N) is 1. The van der Waals surface area contributed by atoms with Crippen molar-refractivity contribution in [3.05, 3.63) is 47.1 Å². The van der Waals surface area contributed by atoms with Gasteiger partial charge in [0.1, 0.15) is 11.6 Å². The molecular formula is C14H10N4O2. The zero-order valence-corrected chi connectivity index (χ0v) is 10.6. The Hall–Kier alpha value is -3.25. The molecule has 1 heterocycles. The number of hydrogen-bond acceptors (Lipinski definition) is 4. The largest absolute Gasteiger partial charge is 0.508 e. The SMILES string of the molecule is [C-]#[N+]c1c(N)nc(OC)c([N+]#[C-])c1-c1ccc(O)cc1. The van der Waals surface area contributed by atoms with Gasteiger partial charge >= 0.3 is 0 Å². The van der Waals surface area contributed by atoms with Gasteiger partial charge < -0.3 is 15.6 Å². The average molecular weight is 266 g/mol. The highest BCUT2D eigenvalue weighted by atomic mass is 16.5. The van der Waals surface area contributed by atoms with Crippen LogP contribution in [-0.2, 0) is 0 Å². The molecule has 1 aromatic carbocycles. The van der Waals surface area contributed by atoms with E-state index in [2.05, 4.69) is 14.7 Å². The van der Waals surface area contributed by atoms with Gasteiger partial charge in [-0.2, -0.15) is 0 Å². The lowest BCUT2D eigenvalue weighted by Crippen LogP contribution is -1.97. The second-order valence-corrected chi connectivity index (χ2v) is 3.85. The van der Waals surface area contributed by atoms with Crippen LogP contribution in [0.3, 0.4) is 0 Å². The predicted octanol–water partition coefficient (Wildman–Crippen LogP) is 3.15. The zero-order chi connectivity index (χ0) is 14.7.